The van der Waals surface area contributed by atoms with E-state index in [4.69, 9.17) is 14.4 Å². The molecule has 0 atom stereocenters. The first-order valence-electron chi connectivity index (χ1n) is 4.39. The van der Waals surface area contributed by atoms with Crippen molar-refractivity contribution in [1.29, 1.82) is 5.26 Å². The zero-order valence-corrected chi connectivity index (χ0v) is 7.88. The van der Waals surface area contributed by atoms with E-state index in [1.54, 1.807) is 24.6 Å². The Morgan fingerprint density at radius 1 is 1.47 bits per heavy atom. The summed E-state index contributed by atoms with van der Waals surface area (Å²) in [5.41, 5.74) is 0.469. The van der Waals surface area contributed by atoms with Gasteiger partial charge in [-0.1, -0.05) is 0 Å². The molecule has 2 heterocycles. The molecule has 0 spiro atoms. The molecule has 4 nitrogen and oxygen atoms in total. The smallest absolute Gasteiger partial charge is 0.156 e. The van der Waals surface area contributed by atoms with Crippen LogP contribution in [0.4, 0.5) is 0 Å². The summed E-state index contributed by atoms with van der Waals surface area (Å²) in [5, 5.41) is 8.79. The van der Waals surface area contributed by atoms with Gasteiger partial charge in [-0.2, -0.15) is 5.26 Å². The minimum atomic E-state index is 0.299. The highest BCUT2D eigenvalue weighted by atomic mass is 16.5. The topological polar surface area (TPSA) is 59.0 Å². The van der Waals surface area contributed by atoms with E-state index >= 15 is 0 Å². The molecule has 0 N–H and O–H groups in total. The van der Waals surface area contributed by atoms with Crippen LogP contribution in [0.2, 0.25) is 0 Å². The van der Waals surface area contributed by atoms with Gasteiger partial charge in [0.2, 0.25) is 0 Å². The first-order valence-corrected chi connectivity index (χ1v) is 4.39. The van der Waals surface area contributed by atoms with Crippen LogP contribution in [0.15, 0.2) is 41.3 Å². The fourth-order valence-corrected chi connectivity index (χ4v) is 1.13. The molecule has 2 aromatic rings. The Kier molecular flexibility index (Phi) is 2.65. The van der Waals surface area contributed by atoms with Gasteiger partial charge in [-0.05, 0) is 18.2 Å². The lowest BCUT2D eigenvalue weighted by Gasteiger charge is -2.04. The average molecular weight is 200 g/mol. The number of furan rings is 1. The van der Waals surface area contributed by atoms with Crippen LogP contribution in [0.3, 0.4) is 0 Å². The second-order valence-electron chi connectivity index (χ2n) is 2.85. The summed E-state index contributed by atoms with van der Waals surface area (Å²) in [7, 11) is 0. The van der Waals surface area contributed by atoms with E-state index in [1.165, 1.54) is 6.20 Å². The van der Waals surface area contributed by atoms with Gasteiger partial charge in [-0.3, -0.25) is 4.98 Å². The lowest BCUT2D eigenvalue weighted by Crippen LogP contribution is -1.96. The Balaban J connectivity index is 2.08. The fourth-order valence-electron chi connectivity index (χ4n) is 1.13. The lowest BCUT2D eigenvalue weighted by molar-refractivity contribution is 0.268. The Morgan fingerprint density at radius 3 is 3.13 bits per heavy atom. The highest BCUT2D eigenvalue weighted by Crippen LogP contribution is 2.16. The minimum absolute atomic E-state index is 0.299. The van der Waals surface area contributed by atoms with Crippen molar-refractivity contribution in [2.75, 3.05) is 0 Å². The quantitative estimate of drug-likeness (QED) is 0.761. The average Bonchev–Trinajstić information content (AvgIpc) is 2.79. The summed E-state index contributed by atoms with van der Waals surface area (Å²) in [6.07, 6.45) is 4.65. The second kappa shape index (κ2) is 4.29. The van der Waals surface area contributed by atoms with Crippen LogP contribution in [0, 0.1) is 11.3 Å². The number of nitrogens with zero attached hydrogens (tertiary/aromatic N) is 2. The normalized spacial score (nSPS) is 9.53. The Bertz CT molecular complexity index is 472. The zero-order chi connectivity index (χ0) is 10.5. The minimum Gasteiger partial charge on any atom is -0.483 e. The third-order valence-corrected chi connectivity index (χ3v) is 1.85. The molecule has 0 aliphatic heterocycles. The molecule has 15 heavy (non-hydrogen) atoms. The fraction of sp³-hybridized carbons (Fsp3) is 0.0909. The van der Waals surface area contributed by atoms with Crippen molar-refractivity contribution in [2.45, 2.75) is 6.61 Å². The molecule has 0 amide bonds. The maximum atomic E-state index is 8.79. The summed E-state index contributed by atoms with van der Waals surface area (Å²) in [6.45, 7) is 0.299. The second-order valence-corrected chi connectivity index (χ2v) is 2.85. The van der Waals surface area contributed by atoms with Gasteiger partial charge < -0.3 is 9.15 Å². The molecule has 0 aliphatic carbocycles. The highest BCUT2D eigenvalue weighted by Gasteiger charge is 2.03. The van der Waals surface area contributed by atoms with Gasteiger partial charge in [0.1, 0.15) is 18.4 Å². The van der Waals surface area contributed by atoms with E-state index in [2.05, 4.69) is 4.98 Å². The predicted molar refractivity (Wildman–Crippen MR) is 52.0 cm³/mol. The van der Waals surface area contributed by atoms with Crippen LogP contribution in [0.5, 0.6) is 5.75 Å². The van der Waals surface area contributed by atoms with Gasteiger partial charge in [-0.25, -0.2) is 0 Å². The zero-order valence-electron chi connectivity index (χ0n) is 7.88. The molecule has 0 aromatic carbocycles. The number of rotatable bonds is 3. The Hall–Kier alpha value is -2.28. The monoisotopic (exact) mass is 200 g/mol. The van der Waals surface area contributed by atoms with Crippen LogP contribution in [-0.4, -0.2) is 4.98 Å². The van der Waals surface area contributed by atoms with Crippen molar-refractivity contribution in [1.82, 2.24) is 4.98 Å². The molecule has 4 heteroatoms. The highest BCUT2D eigenvalue weighted by molar-refractivity contribution is 5.40. The third-order valence-electron chi connectivity index (χ3n) is 1.85. The summed E-state index contributed by atoms with van der Waals surface area (Å²) in [6, 6.07) is 7.23. The molecule has 2 rings (SSSR count). The van der Waals surface area contributed by atoms with Crippen molar-refractivity contribution >= 4 is 0 Å². The van der Waals surface area contributed by atoms with E-state index in [0.717, 1.165) is 0 Å². The van der Waals surface area contributed by atoms with E-state index in [1.807, 2.05) is 12.1 Å². The summed E-state index contributed by atoms with van der Waals surface area (Å²) >= 11 is 0. The van der Waals surface area contributed by atoms with Crippen LogP contribution in [-0.2, 0) is 6.61 Å². The first-order chi connectivity index (χ1) is 7.40. The third kappa shape index (κ3) is 2.15. The summed E-state index contributed by atoms with van der Waals surface area (Å²) in [5.74, 6) is 1.18. The standard InChI is InChI=1S/C11H8N2O2/c12-6-9-3-4-13-7-11(9)15-8-10-2-1-5-14-10/h1-5,7H,8H2. The molecule has 0 saturated carbocycles. The van der Waals surface area contributed by atoms with E-state index in [-0.39, 0.29) is 0 Å². The molecule has 0 saturated heterocycles. The Labute approximate surface area is 86.7 Å². The molecule has 0 fully saturated rings. The van der Waals surface area contributed by atoms with Crippen molar-refractivity contribution in [3.05, 3.63) is 48.2 Å². The van der Waals surface area contributed by atoms with Gasteiger partial charge >= 0.3 is 0 Å². The number of pyridine rings is 1. The van der Waals surface area contributed by atoms with Gasteiger partial charge in [0, 0.05) is 6.20 Å². The number of nitriles is 1. The van der Waals surface area contributed by atoms with Crippen molar-refractivity contribution in [3.63, 3.8) is 0 Å². The maximum absolute atomic E-state index is 8.79. The number of hydrogen-bond acceptors (Lipinski definition) is 4. The molecule has 0 radical (unpaired) electrons. The summed E-state index contributed by atoms with van der Waals surface area (Å²) < 4.78 is 10.5. The van der Waals surface area contributed by atoms with Gasteiger partial charge in [0.05, 0.1) is 18.0 Å². The van der Waals surface area contributed by atoms with Crippen molar-refractivity contribution < 1.29 is 9.15 Å². The molecule has 0 aliphatic rings. The molecular formula is C11H8N2O2. The first kappa shape index (κ1) is 9.28. The summed E-state index contributed by atoms with van der Waals surface area (Å²) in [4.78, 5) is 3.89. The molecule has 2 aromatic heterocycles. The number of ether oxygens (including phenoxy) is 1. The van der Waals surface area contributed by atoms with Gasteiger partial charge in [0.25, 0.3) is 0 Å². The predicted octanol–water partition coefficient (Wildman–Crippen LogP) is 2.13. The lowest BCUT2D eigenvalue weighted by atomic mass is 10.3. The number of aromatic nitrogens is 1. The van der Waals surface area contributed by atoms with Gasteiger partial charge in [0.15, 0.2) is 5.75 Å². The van der Waals surface area contributed by atoms with Crippen molar-refractivity contribution in [3.8, 4) is 11.8 Å². The van der Waals surface area contributed by atoms with Crippen LogP contribution in [0.1, 0.15) is 11.3 Å². The van der Waals surface area contributed by atoms with Crippen LogP contribution >= 0.6 is 0 Å². The van der Waals surface area contributed by atoms with E-state index in [0.29, 0.717) is 23.7 Å². The van der Waals surface area contributed by atoms with Crippen molar-refractivity contribution in [2.24, 2.45) is 0 Å². The maximum Gasteiger partial charge on any atom is 0.156 e. The molecule has 74 valence electrons. The molecule has 0 unspecified atom stereocenters. The number of hydrogen-bond donors (Lipinski definition) is 0. The van der Waals surface area contributed by atoms with Crippen LogP contribution in [0.25, 0.3) is 0 Å². The molecular weight excluding hydrogens is 192 g/mol. The van der Waals surface area contributed by atoms with Crippen LogP contribution < -0.4 is 4.74 Å². The van der Waals surface area contributed by atoms with E-state index in [9.17, 15) is 0 Å². The largest absolute Gasteiger partial charge is 0.483 e. The SMILES string of the molecule is N#Cc1ccncc1OCc1ccco1. The van der Waals surface area contributed by atoms with Gasteiger partial charge in [-0.15, -0.1) is 0 Å². The Morgan fingerprint density at radius 2 is 2.40 bits per heavy atom. The van der Waals surface area contributed by atoms with E-state index < -0.39 is 0 Å². The molecule has 0 bridgehead atoms.